The van der Waals surface area contributed by atoms with Gasteiger partial charge in [-0.25, -0.2) is 4.98 Å². The second-order valence-electron chi connectivity index (χ2n) is 4.57. The number of Topliss-reactive ketones (excluding diaryl/α,β-unsaturated/α-hetero) is 1. The van der Waals surface area contributed by atoms with Gasteiger partial charge in [-0.05, 0) is 25.5 Å². The van der Waals surface area contributed by atoms with E-state index in [9.17, 15) is 4.79 Å². The van der Waals surface area contributed by atoms with Crippen LogP contribution in [0.25, 0.3) is 0 Å². The van der Waals surface area contributed by atoms with Gasteiger partial charge in [0.05, 0.1) is 6.54 Å². The lowest BCUT2D eigenvalue weighted by atomic mass is 10.0. The molecule has 0 fully saturated rings. The minimum absolute atomic E-state index is 0.143. The van der Waals surface area contributed by atoms with Crippen molar-refractivity contribution in [2.45, 2.75) is 33.7 Å². The van der Waals surface area contributed by atoms with E-state index >= 15 is 0 Å². The van der Waals surface area contributed by atoms with E-state index in [4.69, 9.17) is 0 Å². The Morgan fingerprint density at radius 3 is 2.83 bits per heavy atom. The Hall–Kier alpha value is -1.90. The predicted molar refractivity (Wildman–Crippen MR) is 71.9 cm³/mol. The van der Waals surface area contributed by atoms with Crippen molar-refractivity contribution in [2.75, 3.05) is 0 Å². The zero-order valence-corrected chi connectivity index (χ0v) is 11.1. The summed E-state index contributed by atoms with van der Waals surface area (Å²) >= 11 is 0. The van der Waals surface area contributed by atoms with E-state index in [2.05, 4.69) is 4.98 Å². The first kappa shape index (κ1) is 12.6. The highest BCUT2D eigenvalue weighted by atomic mass is 16.1. The van der Waals surface area contributed by atoms with Crippen LogP contribution in [0.15, 0.2) is 30.6 Å². The normalized spacial score (nSPS) is 10.6. The molecule has 0 N–H and O–H groups in total. The van der Waals surface area contributed by atoms with Crippen molar-refractivity contribution in [3.8, 4) is 0 Å². The van der Waals surface area contributed by atoms with Crippen molar-refractivity contribution < 1.29 is 4.79 Å². The summed E-state index contributed by atoms with van der Waals surface area (Å²) in [6.45, 7) is 6.39. The van der Waals surface area contributed by atoms with Crippen molar-refractivity contribution in [2.24, 2.45) is 0 Å². The van der Waals surface area contributed by atoms with E-state index in [0.29, 0.717) is 6.54 Å². The van der Waals surface area contributed by atoms with E-state index in [-0.39, 0.29) is 5.78 Å². The number of rotatable bonds is 4. The van der Waals surface area contributed by atoms with Gasteiger partial charge in [0.1, 0.15) is 5.82 Å². The molecule has 0 aliphatic heterocycles. The van der Waals surface area contributed by atoms with E-state index < -0.39 is 0 Å². The number of carbonyl (C=O) groups is 1. The fourth-order valence-corrected chi connectivity index (χ4v) is 2.07. The van der Waals surface area contributed by atoms with Crippen LogP contribution in [0.4, 0.5) is 0 Å². The number of aromatic nitrogens is 2. The lowest BCUT2D eigenvalue weighted by Gasteiger charge is -2.08. The summed E-state index contributed by atoms with van der Waals surface area (Å²) in [5, 5.41) is 0. The molecule has 2 rings (SSSR count). The second-order valence-corrected chi connectivity index (χ2v) is 4.57. The van der Waals surface area contributed by atoms with Gasteiger partial charge >= 0.3 is 0 Å². The molecule has 2 aromatic rings. The summed E-state index contributed by atoms with van der Waals surface area (Å²) in [4.78, 5) is 16.5. The molecule has 1 heterocycles. The molecular formula is C15H18N2O. The first-order chi connectivity index (χ1) is 8.61. The minimum Gasteiger partial charge on any atom is -0.327 e. The summed E-state index contributed by atoms with van der Waals surface area (Å²) in [5.74, 6) is 1.09. The molecule has 0 aliphatic rings. The van der Waals surface area contributed by atoms with Crippen LogP contribution in [0.3, 0.4) is 0 Å². The Morgan fingerprint density at radius 1 is 1.33 bits per heavy atom. The number of hydrogen-bond donors (Lipinski definition) is 0. The fourth-order valence-electron chi connectivity index (χ4n) is 2.07. The second kappa shape index (κ2) is 5.17. The van der Waals surface area contributed by atoms with E-state index in [1.807, 2.05) is 49.7 Å². The van der Waals surface area contributed by atoms with Crippen molar-refractivity contribution in [1.29, 1.82) is 0 Å². The average molecular weight is 242 g/mol. The van der Waals surface area contributed by atoms with Crippen molar-refractivity contribution in [1.82, 2.24) is 9.55 Å². The molecule has 0 spiro atoms. The number of carbonyl (C=O) groups excluding carboxylic acids is 1. The molecule has 0 amide bonds. The average Bonchev–Trinajstić information content (AvgIpc) is 2.79. The van der Waals surface area contributed by atoms with Gasteiger partial charge in [0, 0.05) is 24.4 Å². The van der Waals surface area contributed by atoms with Gasteiger partial charge in [-0.3, -0.25) is 4.79 Å². The third-order valence-electron chi connectivity index (χ3n) is 3.13. The third-order valence-corrected chi connectivity index (χ3v) is 3.13. The Morgan fingerprint density at radius 2 is 2.11 bits per heavy atom. The van der Waals surface area contributed by atoms with Crippen LogP contribution in [0.2, 0.25) is 0 Å². The van der Waals surface area contributed by atoms with Crippen molar-refractivity contribution in [3.05, 3.63) is 53.1 Å². The molecule has 1 aromatic carbocycles. The van der Waals surface area contributed by atoms with Crippen LogP contribution >= 0.6 is 0 Å². The van der Waals surface area contributed by atoms with Gasteiger partial charge < -0.3 is 4.57 Å². The summed E-state index contributed by atoms with van der Waals surface area (Å²) in [5.41, 5.74) is 2.96. The highest BCUT2D eigenvalue weighted by Gasteiger charge is 2.11. The lowest BCUT2D eigenvalue weighted by Crippen LogP contribution is -2.13. The summed E-state index contributed by atoms with van der Waals surface area (Å²) in [7, 11) is 0. The molecule has 1 aromatic heterocycles. The number of aryl methyl sites for hydroxylation is 3. The Bertz CT molecular complexity index is 570. The highest BCUT2D eigenvalue weighted by Crippen LogP contribution is 2.13. The molecule has 0 bridgehead atoms. The van der Waals surface area contributed by atoms with E-state index in [1.165, 1.54) is 0 Å². The molecule has 18 heavy (non-hydrogen) atoms. The molecule has 0 unspecified atom stereocenters. The molecular weight excluding hydrogens is 224 g/mol. The van der Waals surface area contributed by atoms with Crippen LogP contribution in [-0.4, -0.2) is 15.3 Å². The maximum atomic E-state index is 12.3. The SMILES string of the molecule is CCc1nccn1CC(=O)c1cc(C)ccc1C. The maximum absolute atomic E-state index is 12.3. The summed E-state index contributed by atoms with van der Waals surface area (Å²) in [6, 6.07) is 5.98. The van der Waals surface area contributed by atoms with E-state index in [1.54, 1.807) is 6.20 Å². The number of hydrogen-bond acceptors (Lipinski definition) is 2. The van der Waals surface area contributed by atoms with Gasteiger partial charge in [-0.2, -0.15) is 0 Å². The molecule has 94 valence electrons. The van der Waals surface area contributed by atoms with Crippen LogP contribution in [0.5, 0.6) is 0 Å². The monoisotopic (exact) mass is 242 g/mol. The molecule has 0 saturated carbocycles. The zero-order chi connectivity index (χ0) is 13.1. The Kier molecular flexibility index (Phi) is 3.60. The quantitative estimate of drug-likeness (QED) is 0.773. The van der Waals surface area contributed by atoms with Crippen molar-refractivity contribution >= 4 is 5.78 Å². The lowest BCUT2D eigenvalue weighted by molar-refractivity contribution is 0.0970. The third kappa shape index (κ3) is 2.50. The highest BCUT2D eigenvalue weighted by molar-refractivity contribution is 5.97. The summed E-state index contributed by atoms with van der Waals surface area (Å²) in [6.07, 6.45) is 4.45. The molecule has 3 nitrogen and oxygen atoms in total. The smallest absolute Gasteiger partial charge is 0.182 e. The van der Waals surface area contributed by atoms with Gasteiger partial charge in [-0.15, -0.1) is 0 Å². The van der Waals surface area contributed by atoms with Gasteiger partial charge in [-0.1, -0.05) is 24.6 Å². The number of ketones is 1. The number of nitrogens with zero attached hydrogens (tertiary/aromatic N) is 2. The first-order valence-electron chi connectivity index (χ1n) is 6.22. The number of benzene rings is 1. The van der Waals surface area contributed by atoms with Gasteiger partial charge in [0.25, 0.3) is 0 Å². The van der Waals surface area contributed by atoms with Gasteiger partial charge in [0.2, 0.25) is 0 Å². The fraction of sp³-hybridized carbons (Fsp3) is 0.333. The maximum Gasteiger partial charge on any atom is 0.182 e. The largest absolute Gasteiger partial charge is 0.327 e. The van der Waals surface area contributed by atoms with Crippen LogP contribution in [0.1, 0.15) is 34.2 Å². The topological polar surface area (TPSA) is 34.9 Å². The van der Waals surface area contributed by atoms with Crippen LogP contribution in [0, 0.1) is 13.8 Å². The van der Waals surface area contributed by atoms with Crippen LogP contribution in [-0.2, 0) is 13.0 Å². The van der Waals surface area contributed by atoms with E-state index in [0.717, 1.165) is 28.9 Å². The van der Waals surface area contributed by atoms with Gasteiger partial charge in [0.15, 0.2) is 5.78 Å². The standard InChI is InChI=1S/C15H18N2O/c1-4-15-16-7-8-17(15)10-14(18)13-9-11(2)5-6-12(13)3/h5-9H,4,10H2,1-3H3. The molecule has 0 radical (unpaired) electrons. The van der Waals surface area contributed by atoms with Crippen LogP contribution < -0.4 is 0 Å². The molecule has 0 atom stereocenters. The predicted octanol–water partition coefficient (Wildman–Crippen LogP) is 2.95. The Balaban J connectivity index is 2.25. The molecule has 3 heteroatoms. The number of imidazole rings is 1. The first-order valence-corrected chi connectivity index (χ1v) is 6.22. The molecule has 0 aliphatic carbocycles. The molecule has 0 saturated heterocycles. The summed E-state index contributed by atoms with van der Waals surface area (Å²) < 4.78 is 1.92. The minimum atomic E-state index is 0.143. The Labute approximate surface area is 107 Å². The zero-order valence-electron chi connectivity index (χ0n) is 11.1. The van der Waals surface area contributed by atoms with Crippen molar-refractivity contribution in [3.63, 3.8) is 0 Å².